The molecule has 128 valence electrons. The number of nitrogens with two attached hydrogens (primary N) is 1. The summed E-state index contributed by atoms with van der Waals surface area (Å²) >= 11 is 12.5. The van der Waals surface area contributed by atoms with E-state index in [9.17, 15) is 5.26 Å². The third-order valence-corrected chi connectivity index (χ3v) is 4.84. The molecule has 0 radical (unpaired) electrons. The summed E-state index contributed by atoms with van der Waals surface area (Å²) in [7, 11) is 0. The first-order chi connectivity index (χ1) is 12.6. The van der Waals surface area contributed by atoms with Gasteiger partial charge in [0.05, 0.1) is 17.2 Å². The standard InChI is InChI=1S/C19H12Cl2N4O/c20-11-6-7-12(14(21)8-11)15-13(9-22)18(23)26-19-16(15)17(24-25-19)10-4-2-1-3-5-10/h1-8,15H,23H2,(H,24,25)/t15-/m0/s1. The second-order valence-electron chi connectivity index (χ2n) is 5.77. The van der Waals surface area contributed by atoms with Crippen molar-refractivity contribution < 1.29 is 4.74 Å². The minimum Gasteiger partial charge on any atom is -0.420 e. The number of halogens is 2. The highest BCUT2D eigenvalue weighted by molar-refractivity contribution is 6.35. The average Bonchev–Trinajstić information content (AvgIpc) is 3.05. The van der Waals surface area contributed by atoms with Crippen LogP contribution in [0.5, 0.6) is 5.88 Å². The SMILES string of the molecule is N#CC1=C(N)Oc2n[nH]c(-c3ccccc3)c2[C@H]1c1ccc(Cl)cc1Cl. The first-order valence-corrected chi connectivity index (χ1v) is 8.52. The van der Waals surface area contributed by atoms with E-state index >= 15 is 0 Å². The van der Waals surface area contributed by atoms with Crippen LogP contribution in [0.3, 0.4) is 0 Å². The fraction of sp³-hybridized carbons (Fsp3) is 0.0526. The van der Waals surface area contributed by atoms with Crippen LogP contribution in [0.1, 0.15) is 17.0 Å². The summed E-state index contributed by atoms with van der Waals surface area (Å²) in [6.07, 6.45) is 0. The minimum absolute atomic E-state index is 0.0159. The molecule has 0 saturated carbocycles. The Balaban J connectivity index is 1.99. The smallest absolute Gasteiger partial charge is 0.244 e. The lowest BCUT2D eigenvalue weighted by Gasteiger charge is -2.24. The number of nitrogens with one attached hydrogen (secondary N) is 1. The summed E-state index contributed by atoms with van der Waals surface area (Å²) in [5.74, 6) is -0.166. The van der Waals surface area contributed by atoms with Crippen LogP contribution >= 0.6 is 23.2 Å². The molecule has 0 spiro atoms. The van der Waals surface area contributed by atoms with Crippen molar-refractivity contribution in [3.05, 3.63) is 81.2 Å². The number of nitrogens with zero attached hydrogens (tertiary/aromatic N) is 2. The number of H-pyrrole nitrogens is 1. The largest absolute Gasteiger partial charge is 0.420 e. The highest BCUT2D eigenvalue weighted by atomic mass is 35.5. The van der Waals surface area contributed by atoms with E-state index in [2.05, 4.69) is 16.3 Å². The predicted molar refractivity (Wildman–Crippen MR) is 99.8 cm³/mol. The third-order valence-electron chi connectivity index (χ3n) is 4.27. The van der Waals surface area contributed by atoms with Crippen LogP contribution in [0.15, 0.2) is 60.0 Å². The molecule has 0 bridgehead atoms. The zero-order valence-corrected chi connectivity index (χ0v) is 14.8. The maximum atomic E-state index is 9.70. The van der Waals surface area contributed by atoms with Gasteiger partial charge in [-0.2, -0.15) is 5.26 Å². The second-order valence-corrected chi connectivity index (χ2v) is 6.62. The number of allylic oxidation sites excluding steroid dienone is 1. The molecule has 0 unspecified atom stereocenters. The van der Waals surface area contributed by atoms with E-state index in [1.54, 1.807) is 18.2 Å². The van der Waals surface area contributed by atoms with Crippen LogP contribution in [0.4, 0.5) is 0 Å². The molecule has 3 aromatic rings. The van der Waals surface area contributed by atoms with Crippen LogP contribution in [0, 0.1) is 11.3 Å². The van der Waals surface area contributed by atoms with Crippen LogP contribution in [0.2, 0.25) is 10.0 Å². The number of nitriles is 1. The zero-order chi connectivity index (χ0) is 18.3. The van der Waals surface area contributed by atoms with Crippen molar-refractivity contribution >= 4 is 23.2 Å². The van der Waals surface area contributed by atoms with E-state index in [1.165, 1.54) is 0 Å². The van der Waals surface area contributed by atoms with E-state index in [-0.39, 0.29) is 11.5 Å². The molecule has 7 heteroatoms. The van der Waals surface area contributed by atoms with E-state index in [1.807, 2.05) is 30.3 Å². The van der Waals surface area contributed by atoms with Gasteiger partial charge in [0.2, 0.25) is 11.8 Å². The summed E-state index contributed by atoms with van der Waals surface area (Å²) in [5, 5.41) is 17.9. The number of rotatable bonds is 2. The number of fused-ring (bicyclic) bond motifs is 1. The molecule has 2 aromatic carbocycles. The Morgan fingerprint density at radius 2 is 1.92 bits per heavy atom. The van der Waals surface area contributed by atoms with Crippen LogP contribution in [0.25, 0.3) is 11.3 Å². The molecule has 0 amide bonds. The Morgan fingerprint density at radius 1 is 1.15 bits per heavy atom. The highest BCUT2D eigenvalue weighted by Gasteiger charge is 2.36. The number of ether oxygens (including phenoxy) is 1. The van der Waals surface area contributed by atoms with Gasteiger partial charge in [0.1, 0.15) is 11.6 Å². The van der Waals surface area contributed by atoms with Gasteiger partial charge >= 0.3 is 0 Å². The Morgan fingerprint density at radius 3 is 2.62 bits per heavy atom. The van der Waals surface area contributed by atoms with Crippen molar-refractivity contribution in [2.75, 3.05) is 0 Å². The molecule has 4 rings (SSSR count). The van der Waals surface area contributed by atoms with Crippen LogP contribution in [-0.2, 0) is 0 Å². The Hall–Kier alpha value is -2.94. The normalized spacial score (nSPS) is 16.0. The molecule has 0 aliphatic carbocycles. The molecule has 0 saturated heterocycles. The van der Waals surface area contributed by atoms with Crippen molar-refractivity contribution in [2.24, 2.45) is 5.73 Å². The van der Waals surface area contributed by atoms with Gasteiger partial charge < -0.3 is 10.5 Å². The van der Waals surface area contributed by atoms with Gasteiger partial charge in [-0.15, -0.1) is 5.10 Å². The fourth-order valence-electron chi connectivity index (χ4n) is 3.12. The van der Waals surface area contributed by atoms with Crippen molar-refractivity contribution in [1.29, 1.82) is 5.26 Å². The second kappa shape index (κ2) is 6.41. The molecular formula is C19H12Cl2N4O. The number of aromatic nitrogens is 2. The Kier molecular flexibility index (Phi) is 4.08. The Labute approximate surface area is 159 Å². The van der Waals surface area contributed by atoms with Crippen LogP contribution < -0.4 is 10.5 Å². The van der Waals surface area contributed by atoms with Gasteiger partial charge in [0.25, 0.3) is 0 Å². The van der Waals surface area contributed by atoms with Gasteiger partial charge in [0.15, 0.2) is 0 Å². The van der Waals surface area contributed by atoms with Crippen molar-refractivity contribution in [3.8, 4) is 23.2 Å². The molecule has 3 N–H and O–H groups in total. The molecule has 0 fully saturated rings. The summed E-state index contributed by atoms with van der Waals surface area (Å²) in [6, 6.07) is 17.0. The molecule has 2 heterocycles. The number of hydrogen-bond donors (Lipinski definition) is 2. The van der Waals surface area contributed by atoms with Crippen molar-refractivity contribution in [2.45, 2.75) is 5.92 Å². The van der Waals surface area contributed by atoms with Gasteiger partial charge in [0, 0.05) is 10.0 Å². The summed E-state index contributed by atoms with van der Waals surface area (Å²) < 4.78 is 5.58. The van der Waals surface area contributed by atoms with E-state index < -0.39 is 5.92 Å². The monoisotopic (exact) mass is 382 g/mol. The van der Waals surface area contributed by atoms with Crippen LogP contribution in [-0.4, -0.2) is 10.2 Å². The summed E-state index contributed by atoms with van der Waals surface area (Å²) in [5.41, 5.74) is 9.33. The molecule has 1 aromatic heterocycles. The summed E-state index contributed by atoms with van der Waals surface area (Å²) in [4.78, 5) is 0. The molecule has 5 nitrogen and oxygen atoms in total. The molecule has 1 aliphatic rings. The lowest BCUT2D eigenvalue weighted by molar-refractivity contribution is 0.379. The molecule has 1 aliphatic heterocycles. The number of aromatic amines is 1. The number of hydrogen-bond acceptors (Lipinski definition) is 4. The molecular weight excluding hydrogens is 371 g/mol. The van der Waals surface area contributed by atoms with Crippen molar-refractivity contribution in [1.82, 2.24) is 10.2 Å². The van der Waals surface area contributed by atoms with Crippen molar-refractivity contribution in [3.63, 3.8) is 0 Å². The van der Waals surface area contributed by atoms with Gasteiger partial charge in [-0.25, -0.2) is 0 Å². The minimum atomic E-state index is -0.512. The quantitative estimate of drug-likeness (QED) is 0.677. The molecule has 1 atom stereocenters. The predicted octanol–water partition coefficient (Wildman–Crippen LogP) is 4.60. The first-order valence-electron chi connectivity index (χ1n) is 7.76. The summed E-state index contributed by atoms with van der Waals surface area (Å²) in [6.45, 7) is 0. The Bertz CT molecular complexity index is 1070. The topological polar surface area (TPSA) is 87.7 Å². The maximum Gasteiger partial charge on any atom is 0.244 e. The van der Waals surface area contributed by atoms with Gasteiger partial charge in [-0.3, -0.25) is 5.10 Å². The average molecular weight is 383 g/mol. The van der Waals surface area contributed by atoms with E-state index in [4.69, 9.17) is 33.7 Å². The lowest BCUT2D eigenvalue weighted by atomic mass is 9.83. The van der Waals surface area contributed by atoms with Gasteiger partial charge in [-0.1, -0.05) is 59.6 Å². The highest BCUT2D eigenvalue weighted by Crippen LogP contribution is 2.47. The van der Waals surface area contributed by atoms with E-state index in [0.29, 0.717) is 27.1 Å². The third kappa shape index (κ3) is 2.60. The van der Waals surface area contributed by atoms with E-state index in [0.717, 1.165) is 11.3 Å². The zero-order valence-electron chi connectivity index (χ0n) is 13.3. The maximum absolute atomic E-state index is 9.70. The lowest BCUT2D eigenvalue weighted by Crippen LogP contribution is -2.21. The number of benzene rings is 2. The first kappa shape index (κ1) is 16.5. The van der Waals surface area contributed by atoms with Gasteiger partial charge in [-0.05, 0) is 23.3 Å². The molecule has 26 heavy (non-hydrogen) atoms. The fourth-order valence-corrected chi connectivity index (χ4v) is 3.63.